The molecule has 2 saturated heterocycles. The van der Waals surface area contributed by atoms with Crippen molar-refractivity contribution in [1.29, 1.82) is 0 Å². The predicted molar refractivity (Wildman–Crippen MR) is 172 cm³/mol. The topological polar surface area (TPSA) is 133 Å². The molecule has 0 unspecified atom stereocenters. The number of amides is 3. The summed E-state index contributed by atoms with van der Waals surface area (Å²) < 4.78 is 43.0. The number of nitrogens with one attached hydrogen (secondary N) is 2. The number of likely N-dealkylation sites (tertiary alicyclic amines) is 1. The highest BCUT2D eigenvalue weighted by Gasteiger charge is 2.36. The van der Waals surface area contributed by atoms with Gasteiger partial charge in [0.2, 0.25) is 5.91 Å². The quantitative estimate of drug-likeness (QED) is 0.263. The highest BCUT2D eigenvalue weighted by molar-refractivity contribution is 6.33. The van der Waals surface area contributed by atoms with Crippen molar-refractivity contribution in [2.24, 2.45) is 0 Å². The number of hydrogen-bond donors (Lipinski definition) is 3. The zero-order valence-electron chi connectivity index (χ0n) is 25.3. The van der Waals surface area contributed by atoms with Gasteiger partial charge in [0.1, 0.15) is 6.04 Å². The number of fused-ring (bicyclic) bond motifs is 1. The number of nitrogens with two attached hydrogens (primary N) is 1. The number of piperazine rings is 1. The number of carbonyl (C=O) groups excluding carboxylic acids is 2. The van der Waals surface area contributed by atoms with E-state index in [1.54, 1.807) is 26.8 Å². The molecule has 0 aliphatic carbocycles. The van der Waals surface area contributed by atoms with E-state index in [9.17, 15) is 27.6 Å². The molecule has 2 aromatic carbocycles. The van der Waals surface area contributed by atoms with Gasteiger partial charge in [-0.05, 0) is 54.8 Å². The summed E-state index contributed by atoms with van der Waals surface area (Å²) in [5.74, 6) is -0.408. The van der Waals surface area contributed by atoms with E-state index in [1.165, 1.54) is 6.07 Å². The van der Waals surface area contributed by atoms with Crippen molar-refractivity contribution in [2.45, 2.75) is 37.5 Å². The van der Waals surface area contributed by atoms with Gasteiger partial charge in [-0.15, -0.1) is 0 Å². The molecule has 2 aliphatic rings. The Labute approximate surface area is 273 Å². The van der Waals surface area contributed by atoms with E-state index in [2.05, 4.69) is 20.2 Å². The van der Waals surface area contributed by atoms with Gasteiger partial charge in [0.15, 0.2) is 0 Å². The van der Waals surface area contributed by atoms with Crippen LogP contribution in [0, 0.1) is 0 Å². The van der Waals surface area contributed by atoms with Crippen molar-refractivity contribution in [3.8, 4) is 0 Å². The molecule has 248 valence electrons. The summed E-state index contributed by atoms with van der Waals surface area (Å²) in [6.07, 6.45) is -0.591. The second-order valence-electron chi connectivity index (χ2n) is 11.8. The molecule has 4 heterocycles. The number of hydrogen-bond acceptors (Lipinski definition) is 6. The first-order valence-corrected chi connectivity index (χ1v) is 15.7. The van der Waals surface area contributed by atoms with E-state index >= 15 is 0 Å². The minimum atomic E-state index is -4.76. The summed E-state index contributed by atoms with van der Waals surface area (Å²) in [4.78, 5) is 52.4. The molecular weight excluding hydrogens is 637 g/mol. The number of anilines is 2. The maximum atomic E-state index is 13.9. The average Bonchev–Trinajstić information content (AvgIpc) is 3.41. The molecule has 15 heteroatoms. The van der Waals surface area contributed by atoms with Gasteiger partial charge in [-0.3, -0.25) is 14.3 Å². The fourth-order valence-corrected chi connectivity index (χ4v) is 6.67. The van der Waals surface area contributed by atoms with Crippen LogP contribution in [0.15, 0.2) is 65.7 Å². The van der Waals surface area contributed by atoms with E-state index in [-0.39, 0.29) is 28.7 Å². The number of rotatable bonds is 6. The SMILES string of the molecule is Nc1c(Cl)cc(C[C@@H](NC(=O)N2CCC(n3c(=O)[nH]c4ccccc43)CC2)C(=O)N2CCN(c3ccncc3)CC2)cc1C(F)(F)F. The number of carbonyl (C=O) groups is 2. The Bertz CT molecular complexity index is 1810. The molecule has 0 spiro atoms. The molecule has 1 atom stereocenters. The van der Waals surface area contributed by atoms with Crippen LogP contribution in [0.1, 0.15) is 30.0 Å². The molecule has 0 radical (unpaired) electrons. The van der Waals surface area contributed by atoms with Crippen molar-refractivity contribution >= 4 is 45.9 Å². The molecule has 0 saturated carbocycles. The normalized spacial score (nSPS) is 16.8. The monoisotopic (exact) mass is 670 g/mol. The Morgan fingerprint density at radius 1 is 1.00 bits per heavy atom. The molecule has 6 rings (SSSR count). The molecule has 2 aliphatic heterocycles. The van der Waals surface area contributed by atoms with Gasteiger partial charge >= 0.3 is 17.9 Å². The number of piperidine rings is 1. The first-order valence-electron chi connectivity index (χ1n) is 15.3. The second kappa shape index (κ2) is 13.2. The molecule has 11 nitrogen and oxygen atoms in total. The van der Waals surface area contributed by atoms with Gasteiger partial charge in [-0.2, -0.15) is 13.2 Å². The number of halogens is 4. The van der Waals surface area contributed by atoms with E-state index < -0.39 is 35.4 Å². The van der Waals surface area contributed by atoms with Crippen LogP contribution in [0.4, 0.5) is 29.3 Å². The lowest BCUT2D eigenvalue weighted by atomic mass is 10.0. The number of aromatic amines is 1. The van der Waals surface area contributed by atoms with E-state index in [4.69, 9.17) is 17.3 Å². The molecule has 3 amide bonds. The number of nitrogens with zero attached hydrogens (tertiary/aromatic N) is 5. The van der Waals surface area contributed by atoms with Crippen LogP contribution in [-0.2, 0) is 17.4 Å². The Kier molecular flexibility index (Phi) is 9.04. The molecule has 4 aromatic rings. The summed E-state index contributed by atoms with van der Waals surface area (Å²) in [7, 11) is 0. The van der Waals surface area contributed by atoms with Crippen LogP contribution >= 0.6 is 11.6 Å². The third kappa shape index (κ3) is 6.87. The van der Waals surface area contributed by atoms with Gasteiger partial charge < -0.3 is 30.7 Å². The van der Waals surface area contributed by atoms with E-state index in [0.29, 0.717) is 52.1 Å². The molecule has 2 aromatic heterocycles. The van der Waals surface area contributed by atoms with Crippen LogP contribution in [-0.4, -0.2) is 81.6 Å². The van der Waals surface area contributed by atoms with Gasteiger partial charge in [-0.1, -0.05) is 23.7 Å². The van der Waals surface area contributed by atoms with Gasteiger partial charge in [-0.25, -0.2) is 9.59 Å². The zero-order chi connectivity index (χ0) is 33.3. The Morgan fingerprint density at radius 2 is 1.68 bits per heavy atom. The lowest BCUT2D eigenvalue weighted by Gasteiger charge is -2.38. The van der Waals surface area contributed by atoms with Crippen molar-refractivity contribution in [1.82, 2.24) is 29.7 Å². The summed E-state index contributed by atoms with van der Waals surface area (Å²) in [5.41, 5.74) is 6.32. The highest BCUT2D eigenvalue weighted by Crippen LogP contribution is 2.38. The first-order chi connectivity index (χ1) is 22.5. The molecule has 0 bridgehead atoms. The average molecular weight is 671 g/mol. The minimum Gasteiger partial charge on any atom is -0.397 e. The van der Waals surface area contributed by atoms with Crippen molar-refractivity contribution in [2.75, 3.05) is 49.9 Å². The van der Waals surface area contributed by atoms with Crippen molar-refractivity contribution in [3.05, 3.63) is 87.6 Å². The molecule has 47 heavy (non-hydrogen) atoms. The number of nitrogen functional groups attached to an aromatic ring is 1. The highest BCUT2D eigenvalue weighted by atomic mass is 35.5. The maximum absolute atomic E-state index is 13.9. The third-order valence-electron chi connectivity index (χ3n) is 8.89. The lowest BCUT2D eigenvalue weighted by Crippen LogP contribution is -2.57. The number of alkyl halides is 3. The molecular formula is C32H34ClF3N8O3. The van der Waals surface area contributed by atoms with Crippen molar-refractivity contribution < 1.29 is 22.8 Å². The van der Waals surface area contributed by atoms with Crippen LogP contribution in [0.2, 0.25) is 5.02 Å². The Hall–Kier alpha value is -4.72. The second-order valence-corrected chi connectivity index (χ2v) is 12.2. The smallest absolute Gasteiger partial charge is 0.397 e. The van der Waals surface area contributed by atoms with E-state index in [1.807, 2.05) is 36.4 Å². The van der Waals surface area contributed by atoms with Crippen LogP contribution in [0.3, 0.4) is 0 Å². The maximum Gasteiger partial charge on any atom is 0.418 e. The first kappa shape index (κ1) is 32.2. The number of pyridine rings is 1. The van der Waals surface area contributed by atoms with Crippen molar-refractivity contribution in [3.63, 3.8) is 0 Å². The van der Waals surface area contributed by atoms with Gasteiger partial charge in [0.25, 0.3) is 0 Å². The van der Waals surface area contributed by atoms with Crippen LogP contribution < -0.4 is 21.6 Å². The summed E-state index contributed by atoms with van der Waals surface area (Å²) in [6, 6.07) is 11.5. The van der Waals surface area contributed by atoms with E-state index in [0.717, 1.165) is 22.8 Å². The summed E-state index contributed by atoms with van der Waals surface area (Å²) in [5, 5.41) is 2.52. The number of H-pyrrole nitrogens is 1. The molecule has 2 fully saturated rings. The largest absolute Gasteiger partial charge is 0.418 e. The fraction of sp³-hybridized carbons (Fsp3) is 0.375. The number of urea groups is 1. The Balaban J connectivity index is 1.18. The van der Waals surface area contributed by atoms with Crippen LogP contribution in [0.5, 0.6) is 0 Å². The predicted octanol–water partition coefficient (Wildman–Crippen LogP) is 4.29. The number of aromatic nitrogens is 3. The number of para-hydroxylation sites is 2. The van der Waals surface area contributed by atoms with Crippen LogP contribution in [0.25, 0.3) is 11.0 Å². The minimum absolute atomic E-state index is 0.114. The zero-order valence-corrected chi connectivity index (χ0v) is 26.1. The summed E-state index contributed by atoms with van der Waals surface area (Å²) >= 11 is 6.09. The fourth-order valence-electron chi connectivity index (χ4n) is 6.43. The third-order valence-corrected chi connectivity index (χ3v) is 9.20. The summed E-state index contributed by atoms with van der Waals surface area (Å²) in [6.45, 7) is 2.41. The van der Waals surface area contributed by atoms with Gasteiger partial charge in [0, 0.05) is 69.8 Å². The number of benzene rings is 2. The van der Waals surface area contributed by atoms with Gasteiger partial charge in [0.05, 0.1) is 27.3 Å². The number of imidazole rings is 1. The lowest BCUT2D eigenvalue weighted by molar-refractivity contribution is -0.137. The Morgan fingerprint density at radius 3 is 2.36 bits per heavy atom. The molecule has 4 N–H and O–H groups in total. The standard InChI is InChI=1S/C32H34ClF3N8O3/c33-24-18-20(17-23(28(24)37)32(34,35)36)19-26(29(45)42-15-13-41(14-16-42)21-5-9-38-10-6-21)40-30(46)43-11-7-22(8-12-43)44-27-4-2-1-3-25(27)39-31(44)47/h1-6,9-10,17-18,22,26H,7-8,11-16,19,37H2,(H,39,47)(H,40,46)/t26-/m1/s1.